The molecule has 1 aromatic rings. The summed E-state index contributed by atoms with van der Waals surface area (Å²) in [6.07, 6.45) is 8.56. The van der Waals surface area contributed by atoms with Crippen molar-refractivity contribution in [2.45, 2.75) is 44.6 Å². The van der Waals surface area contributed by atoms with E-state index in [1.165, 1.54) is 25.7 Å². The van der Waals surface area contributed by atoms with Crippen LogP contribution >= 0.6 is 11.3 Å². The molecule has 0 unspecified atom stereocenters. The molecule has 4 heteroatoms. The summed E-state index contributed by atoms with van der Waals surface area (Å²) in [4.78, 5) is 12.1. The topological polar surface area (TPSA) is 52.9 Å². The van der Waals surface area contributed by atoms with Gasteiger partial charge in [-0.2, -0.15) is 16.6 Å². The molecule has 1 aliphatic carbocycles. The monoisotopic (exact) mass is 274 g/mol. The number of nitrogens with one attached hydrogen (secondary N) is 1. The highest BCUT2D eigenvalue weighted by Crippen LogP contribution is 2.18. The lowest BCUT2D eigenvalue weighted by Gasteiger charge is -2.15. The van der Waals surface area contributed by atoms with Gasteiger partial charge in [0, 0.05) is 6.04 Å². The summed E-state index contributed by atoms with van der Waals surface area (Å²) in [6, 6.07) is 4.13. The molecular weight excluding hydrogens is 256 g/mol. The summed E-state index contributed by atoms with van der Waals surface area (Å²) in [5, 5.41) is 16.0. The van der Waals surface area contributed by atoms with Gasteiger partial charge in [0.15, 0.2) is 0 Å². The smallest absolute Gasteiger partial charge is 0.262 e. The number of thiophene rings is 1. The molecule has 0 aliphatic heterocycles. The molecule has 2 rings (SSSR count). The average Bonchev–Trinajstić information content (AvgIpc) is 2.79. The Morgan fingerprint density at radius 3 is 2.68 bits per heavy atom. The van der Waals surface area contributed by atoms with Gasteiger partial charge < -0.3 is 5.32 Å². The second kappa shape index (κ2) is 7.10. The first-order valence-corrected chi connectivity index (χ1v) is 7.69. The lowest BCUT2D eigenvalue weighted by molar-refractivity contribution is -0.117. The predicted molar refractivity (Wildman–Crippen MR) is 77.5 cm³/mol. The third kappa shape index (κ3) is 4.22. The molecule has 1 heterocycles. The van der Waals surface area contributed by atoms with E-state index in [4.69, 9.17) is 5.26 Å². The lowest BCUT2D eigenvalue weighted by atomic mass is 10.1. The molecule has 0 radical (unpaired) electrons. The zero-order chi connectivity index (χ0) is 13.5. The number of carbonyl (C=O) groups is 1. The van der Waals surface area contributed by atoms with Gasteiger partial charge in [-0.1, -0.05) is 25.7 Å². The van der Waals surface area contributed by atoms with Crippen molar-refractivity contribution in [1.82, 2.24) is 5.32 Å². The van der Waals surface area contributed by atoms with Gasteiger partial charge in [-0.15, -0.1) is 0 Å². The molecule has 1 aliphatic rings. The van der Waals surface area contributed by atoms with Crippen molar-refractivity contribution in [2.75, 3.05) is 0 Å². The Balaban J connectivity index is 1.99. The molecule has 0 atom stereocenters. The standard InChI is InChI=1S/C15H18N2OS/c16-10-13(9-12-7-8-19-11-12)15(18)17-14-5-3-1-2-4-6-14/h7-9,11,14H,1-6H2,(H,17,18). The average molecular weight is 274 g/mol. The van der Waals surface area contributed by atoms with Gasteiger partial charge in [-0.3, -0.25) is 4.79 Å². The van der Waals surface area contributed by atoms with Crippen LogP contribution in [0, 0.1) is 11.3 Å². The summed E-state index contributed by atoms with van der Waals surface area (Å²) in [5.41, 5.74) is 1.11. The number of rotatable bonds is 3. The fourth-order valence-electron chi connectivity index (χ4n) is 2.36. The second-order valence-corrected chi connectivity index (χ2v) is 5.67. The Kier molecular flexibility index (Phi) is 5.17. The van der Waals surface area contributed by atoms with Gasteiger partial charge in [0.1, 0.15) is 11.6 Å². The summed E-state index contributed by atoms with van der Waals surface area (Å²) in [6.45, 7) is 0. The van der Waals surface area contributed by atoms with Crippen LogP contribution in [-0.2, 0) is 4.79 Å². The van der Waals surface area contributed by atoms with Gasteiger partial charge in [0.2, 0.25) is 0 Å². The van der Waals surface area contributed by atoms with Crippen molar-refractivity contribution < 1.29 is 4.79 Å². The fourth-order valence-corrected chi connectivity index (χ4v) is 2.98. The zero-order valence-electron chi connectivity index (χ0n) is 10.9. The highest BCUT2D eigenvalue weighted by Gasteiger charge is 2.17. The summed E-state index contributed by atoms with van der Waals surface area (Å²) < 4.78 is 0. The third-order valence-electron chi connectivity index (χ3n) is 3.41. The normalized spacial score (nSPS) is 17.5. The highest BCUT2D eigenvalue weighted by atomic mass is 32.1. The Morgan fingerprint density at radius 2 is 2.11 bits per heavy atom. The SMILES string of the molecule is N#CC(=Cc1ccsc1)C(=O)NC1CCCCCC1. The van der Waals surface area contributed by atoms with Crippen molar-refractivity contribution in [3.8, 4) is 6.07 Å². The number of carbonyl (C=O) groups excluding carboxylic acids is 1. The van der Waals surface area contributed by atoms with E-state index < -0.39 is 0 Å². The van der Waals surface area contributed by atoms with Crippen LogP contribution in [0.3, 0.4) is 0 Å². The van der Waals surface area contributed by atoms with Crippen LogP contribution in [-0.4, -0.2) is 11.9 Å². The van der Waals surface area contributed by atoms with Gasteiger partial charge >= 0.3 is 0 Å². The van der Waals surface area contributed by atoms with E-state index >= 15 is 0 Å². The minimum Gasteiger partial charge on any atom is -0.349 e. The molecule has 3 nitrogen and oxygen atoms in total. The Hall–Kier alpha value is -1.60. The maximum Gasteiger partial charge on any atom is 0.262 e. The van der Waals surface area contributed by atoms with E-state index in [0.717, 1.165) is 18.4 Å². The van der Waals surface area contributed by atoms with Crippen molar-refractivity contribution in [3.05, 3.63) is 28.0 Å². The summed E-state index contributed by atoms with van der Waals surface area (Å²) in [5.74, 6) is -0.236. The molecule has 1 saturated carbocycles. The van der Waals surface area contributed by atoms with Crippen molar-refractivity contribution in [2.24, 2.45) is 0 Å². The van der Waals surface area contributed by atoms with Crippen LogP contribution in [0.1, 0.15) is 44.1 Å². The Labute approximate surface area is 117 Å². The van der Waals surface area contributed by atoms with Gasteiger partial charge in [-0.05, 0) is 41.3 Å². The van der Waals surface area contributed by atoms with Gasteiger partial charge in [0.05, 0.1) is 0 Å². The maximum atomic E-state index is 12.1. The number of hydrogen-bond acceptors (Lipinski definition) is 3. The van der Waals surface area contributed by atoms with E-state index in [1.807, 2.05) is 22.9 Å². The van der Waals surface area contributed by atoms with Crippen LogP contribution in [0.15, 0.2) is 22.4 Å². The first-order valence-electron chi connectivity index (χ1n) is 6.74. The van der Waals surface area contributed by atoms with Gasteiger partial charge in [0.25, 0.3) is 5.91 Å². The molecule has 0 bridgehead atoms. The molecule has 1 aromatic heterocycles. The van der Waals surface area contributed by atoms with Crippen molar-refractivity contribution >= 4 is 23.3 Å². The zero-order valence-corrected chi connectivity index (χ0v) is 11.7. The molecule has 0 saturated heterocycles. The second-order valence-electron chi connectivity index (χ2n) is 4.89. The predicted octanol–water partition coefficient (Wildman–Crippen LogP) is 3.49. The molecule has 19 heavy (non-hydrogen) atoms. The summed E-state index contributed by atoms with van der Waals surface area (Å²) >= 11 is 1.56. The lowest BCUT2D eigenvalue weighted by Crippen LogP contribution is -2.35. The molecule has 1 fully saturated rings. The van der Waals surface area contributed by atoms with Crippen LogP contribution in [0.25, 0.3) is 6.08 Å². The quantitative estimate of drug-likeness (QED) is 0.521. The Bertz CT molecular complexity index is 477. The molecule has 0 aromatic carbocycles. The minimum absolute atomic E-state index is 0.197. The van der Waals surface area contributed by atoms with Crippen LogP contribution in [0.5, 0.6) is 0 Å². The van der Waals surface area contributed by atoms with Gasteiger partial charge in [-0.25, -0.2) is 0 Å². The minimum atomic E-state index is -0.236. The Morgan fingerprint density at radius 1 is 1.37 bits per heavy atom. The van der Waals surface area contributed by atoms with E-state index in [9.17, 15) is 4.79 Å². The molecule has 100 valence electrons. The molecule has 1 amide bonds. The van der Waals surface area contributed by atoms with Crippen LogP contribution < -0.4 is 5.32 Å². The summed E-state index contributed by atoms with van der Waals surface area (Å²) in [7, 11) is 0. The van der Waals surface area contributed by atoms with E-state index in [0.29, 0.717) is 0 Å². The van der Waals surface area contributed by atoms with E-state index in [2.05, 4.69) is 5.32 Å². The highest BCUT2D eigenvalue weighted by molar-refractivity contribution is 7.08. The fraction of sp³-hybridized carbons (Fsp3) is 0.467. The van der Waals surface area contributed by atoms with Crippen molar-refractivity contribution in [1.29, 1.82) is 5.26 Å². The number of hydrogen-bond donors (Lipinski definition) is 1. The van der Waals surface area contributed by atoms with Crippen LogP contribution in [0.4, 0.5) is 0 Å². The number of nitriles is 1. The van der Waals surface area contributed by atoms with E-state index in [-0.39, 0.29) is 17.5 Å². The maximum absolute atomic E-state index is 12.1. The van der Waals surface area contributed by atoms with Crippen molar-refractivity contribution in [3.63, 3.8) is 0 Å². The van der Waals surface area contributed by atoms with E-state index in [1.54, 1.807) is 17.4 Å². The number of amides is 1. The number of nitrogens with zero attached hydrogens (tertiary/aromatic N) is 1. The molecule has 1 N–H and O–H groups in total. The third-order valence-corrected chi connectivity index (χ3v) is 4.11. The largest absolute Gasteiger partial charge is 0.349 e. The molecule has 0 spiro atoms. The first kappa shape index (κ1) is 13.8. The molecular formula is C15H18N2OS. The van der Waals surface area contributed by atoms with Crippen LogP contribution in [0.2, 0.25) is 0 Å². The first-order chi connectivity index (χ1) is 9.29.